The number of rotatable bonds is 2. The van der Waals surface area contributed by atoms with Gasteiger partial charge in [-0.3, -0.25) is 0 Å². The highest BCUT2D eigenvalue weighted by Crippen LogP contribution is 2.16. The Balaban J connectivity index is 1.80. The summed E-state index contributed by atoms with van der Waals surface area (Å²) in [5.41, 5.74) is 1.87. The molecule has 2 aromatic heterocycles. The van der Waals surface area contributed by atoms with Gasteiger partial charge in [0, 0.05) is 62.1 Å². The second kappa shape index (κ2) is 5.05. The molecule has 1 saturated heterocycles. The first-order valence-electron chi connectivity index (χ1n) is 5.96. The zero-order valence-corrected chi connectivity index (χ0v) is 9.95. The minimum Gasteiger partial charge on any atom is -0.338 e. The van der Waals surface area contributed by atoms with E-state index in [2.05, 4.69) is 30.2 Å². The Kier molecular flexibility index (Phi) is 3.10. The number of piperazine rings is 1. The lowest BCUT2D eigenvalue weighted by Crippen LogP contribution is -2.44. The van der Waals surface area contributed by atoms with E-state index in [4.69, 9.17) is 0 Å². The summed E-state index contributed by atoms with van der Waals surface area (Å²) in [7, 11) is 0. The number of anilines is 1. The van der Waals surface area contributed by atoms with Gasteiger partial charge >= 0.3 is 0 Å². The number of nitrogens with one attached hydrogen (secondary N) is 1. The molecule has 0 aliphatic carbocycles. The molecule has 0 atom stereocenters. The van der Waals surface area contributed by atoms with Crippen molar-refractivity contribution in [2.24, 2.45) is 0 Å². The van der Waals surface area contributed by atoms with Crippen LogP contribution in [0.4, 0.5) is 5.95 Å². The number of hydrogen-bond donors (Lipinski definition) is 1. The van der Waals surface area contributed by atoms with Crippen LogP contribution in [0.15, 0.2) is 31.1 Å². The van der Waals surface area contributed by atoms with Gasteiger partial charge in [-0.05, 0) is 0 Å². The molecule has 1 N–H and O–H groups in total. The molecule has 0 amide bonds. The summed E-state index contributed by atoms with van der Waals surface area (Å²) < 4.78 is 0. The summed E-state index contributed by atoms with van der Waals surface area (Å²) in [6, 6.07) is 0. The van der Waals surface area contributed by atoms with Gasteiger partial charge in [0.05, 0.1) is 0 Å². The number of nitrogens with zero attached hydrogens (tertiary/aromatic N) is 5. The lowest BCUT2D eigenvalue weighted by atomic mass is 10.2. The topological polar surface area (TPSA) is 66.8 Å². The van der Waals surface area contributed by atoms with Crippen LogP contribution in [0.5, 0.6) is 0 Å². The monoisotopic (exact) mass is 242 g/mol. The van der Waals surface area contributed by atoms with Crippen molar-refractivity contribution in [1.29, 1.82) is 0 Å². The van der Waals surface area contributed by atoms with Crippen LogP contribution in [0, 0.1) is 0 Å². The van der Waals surface area contributed by atoms with E-state index < -0.39 is 0 Å². The fourth-order valence-corrected chi connectivity index (χ4v) is 1.95. The lowest BCUT2D eigenvalue weighted by molar-refractivity contribution is 0.580. The molecule has 1 aliphatic heterocycles. The number of hydrogen-bond acceptors (Lipinski definition) is 6. The summed E-state index contributed by atoms with van der Waals surface area (Å²) >= 11 is 0. The molecule has 2 aromatic rings. The predicted octanol–water partition coefficient (Wildman–Crippen LogP) is 0.343. The van der Waals surface area contributed by atoms with E-state index in [0.29, 0.717) is 0 Å². The summed E-state index contributed by atoms with van der Waals surface area (Å²) in [6.07, 6.45) is 8.68. The van der Waals surface area contributed by atoms with Crippen molar-refractivity contribution in [3.63, 3.8) is 0 Å². The van der Waals surface area contributed by atoms with Crippen LogP contribution in [0.25, 0.3) is 11.1 Å². The standard InChI is InChI=1S/C12H14N6/c1-3-18(4-2-13-1)12-16-7-11(8-17-12)10-5-14-9-15-6-10/h5-9,13H,1-4H2. The van der Waals surface area contributed by atoms with Crippen LogP contribution < -0.4 is 10.2 Å². The average Bonchev–Trinajstić information content (AvgIpc) is 2.49. The van der Waals surface area contributed by atoms with Crippen molar-refractivity contribution in [1.82, 2.24) is 25.3 Å². The third kappa shape index (κ3) is 2.28. The molecule has 6 nitrogen and oxygen atoms in total. The molecule has 6 heteroatoms. The second-order valence-electron chi connectivity index (χ2n) is 4.14. The molecule has 18 heavy (non-hydrogen) atoms. The largest absolute Gasteiger partial charge is 0.338 e. The first-order valence-corrected chi connectivity index (χ1v) is 5.96. The third-order valence-electron chi connectivity index (χ3n) is 2.93. The maximum Gasteiger partial charge on any atom is 0.225 e. The molecule has 0 radical (unpaired) electrons. The number of aromatic nitrogens is 4. The van der Waals surface area contributed by atoms with Gasteiger partial charge in [0.2, 0.25) is 5.95 Å². The normalized spacial score (nSPS) is 15.7. The molecule has 1 aliphatic rings. The van der Waals surface area contributed by atoms with E-state index >= 15 is 0 Å². The molecule has 0 saturated carbocycles. The molecule has 0 aromatic carbocycles. The molecule has 0 unspecified atom stereocenters. The fraction of sp³-hybridized carbons (Fsp3) is 0.333. The maximum absolute atomic E-state index is 4.41. The third-order valence-corrected chi connectivity index (χ3v) is 2.93. The van der Waals surface area contributed by atoms with Gasteiger partial charge in [0.15, 0.2) is 0 Å². The van der Waals surface area contributed by atoms with Gasteiger partial charge in [0.25, 0.3) is 0 Å². The van der Waals surface area contributed by atoms with Gasteiger partial charge in [-0.2, -0.15) is 0 Å². The van der Waals surface area contributed by atoms with Crippen LogP contribution in [-0.4, -0.2) is 46.1 Å². The highest BCUT2D eigenvalue weighted by molar-refractivity contribution is 5.59. The van der Waals surface area contributed by atoms with Crippen LogP contribution in [-0.2, 0) is 0 Å². The molecule has 0 spiro atoms. The van der Waals surface area contributed by atoms with Gasteiger partial charge in [0.1, 0.15) is 6.33 Å². The Hall–Kier alpha value is -2.08. The minimum absolute atomic E-state index is 0.789. The second-order valence-corrected chi connectivity index (χ2v) is 4.14. The summed E-state index contributed by atoms with van der Waals surface area (Å²) in [6.45, 7) is 3.87. The van der Waals surface area contributed by atoms with E-state index in [9.17, 15) is 0 Å². The molecule has 3 heterocycles. The van der Waals surface area contributed by atoms with E-state index in [1.54, 1.807) is 12.4 Å². The van der Waals surface area contributed by atoms with Crippen molar-refractivity contribution in [3.05, 3.63) is 31.1 Å². The van der Waals surface area contributed by atoms with Crippen LogP contribution in [0.2, 0.25) is 0 Å². The summed E-state index contributed by atoms with van der Waals surface area (Å²) in [5, 5.41) is 3.31. The van der Waals surface area contributed by atoms with E-state index in [-0.39, 0.29) is 0 Å². The van der Waals surface area contributed by atoms with Crippen molar-refractivity contribution in [3.8, 4) is 11.1 Å². The van der Waals surface area contributed by atoms with Gasteiger partial charge in [-0.1, -0.05) is 0 Å². The molecular formula is C12H14N6. The molecule has 92 valence electrons. The van der Waals surface area contributed by atoms with Gasteiger partial charge < -0.3 is 10.2 Å². The SMILES string of the molecule is c1ncc(-c2cnc(N3CCNCC3)nc2)cn1. The van der Waals surface area contributed by atoms with E-state index in [1.807, 2.05) is 12.4 Å². The Labute approximate surface area is 105 Å². The highest BCUT2D eigenvalue weighted by Gasteiger charge is 2.12. The van der Waals surface area contributed by atoms with Crippen molar-refractivity contribution in [2.75, 3.05) is 31.1 Å². The Bertz CT molecular complexity index is 492. The zero-order valence-electron chi connectivity index (χ0n) is 9.95. The smallest absolute Gasteiger partial charge is 0.225 e. The van der Waals surface area contributed by atoms with Crippen LogP contribution in [0.1, 0.15) is 0 Å². The first kappa shape index (κ1) is 11.0. The molecule has 1 fully saturated rings. The molecular weight excluding hydrogens is 228 g/mol. The van der Waals surface area contributed by atoms with Crippen molar-refractivity contribution >= 4 is 5.95 Å². The molecule has 0 bridgehead atoms. The minimum atomic E-state index is 0.789. The Morgan fingerprint density at radius 2 is 1.50 bits per heavy atom. The van der Waals surface area contributed by atoms with Gasteiger partial charge in [-0.25, -0.2) is 19.9 Å². The van der Waals surface area contributed by atoms with Crippen LogP contribution in [0.3, 0.4) is 0 Å². The zero-order chi connectivity index (χ0) is 12.2. The highest BCUT2D eigenvalue weighted by atomic mass is 15.3. The Morgan fingerprint density at radius 1 is 0.889 bits per heavy atom. The Morgan fingerprint density at radius 3 is 2.17 bits per heavy atom. The van der Waals surface area contributed by atoms with E-state index in [1.165, 1.54) is 6.33 Å². The quantitative estimate of drug-likeness (QED) is 0.819. The summed E-state index contributed by atoms with van der Waals surface area (Å²) in [5.74, 6) is 0.789. The first-order chi connectivity index (χ1) is 8.93. The predicted molar refractivity (Wildman–Crippen MR) is 68.1 cm³/mol. The molecule has 3 rings (SSSR count). The van der Waals surface area contributed by atoms with E-state index in [0.717, 1.165) is 43.3 Å². The lowest BCUT2D eigenvalue weighted by Gasteiger charge is -2.27. The van der Waals surface area contributed by atoms with Gasteiger partial charge in [-0.15, -0.1) is 0 Å². The van der Waals surface area contributed by atoms with Crippen molar-refractivity contribution < 1.29 is 0 Å². The maximum atomic E-state index is 4.41. The van der Waals surface area contributed by atoms with Crippen molar-refractivity contribution in [2.45, 2.75) is 0 Å². The fourth-order valence-electron chi connectivity index (χ4n) is 1.95. The summed E-state index contributed by atoms with van der Waals surface area (Å²) in [4.78, 5) is 19.0. The average molecular weight is 242 g/mol. The van der Waals surface area contributed by atoms with Crippen LogP contribution >= 0.6 is 0 Å².